The van der Waals surface area contributed by atoms with E-state index in [1.807, 2.05) is 17.4 Å². The Balaban J connectivity index is 1.04. The maximum atomic E-state index is 6.44. The zero-order valence-electron chi connectivity index (χ0n) is 34.7. The Morgan fingerprint density at radius 2 is 0.969 bits per heavy atom. The fraction of sp³-hybridized carbons (Fsp3) is 0. The second-order valence-corrected chi connectivity index (χ2v) is 17.5. The van der Waals surface area contributed by atoms with Crippen LogP contribution in [0.5, 0.6) is 0 Å². The largest absolute Gasteiger partial charge is 0.456 e. The van der Waals surface area contributed by atoms with Crippen molar-refractivity contribution in [2.24, 2.45) is 0 Å². The van der Waals surface area contributed by atoms with Crippen LogP contribution in [0.3, 0.4) is 0 Å². The number of benzene rings is 10. The van der Waals surface area contributed by atoms with Crippen LogP contribution in [0.15, 0.2) is 235 Å². The van der Waals surface area contributed by atoms with Crippen LogP contribution in [0.25, 0.3) is 103 Å². The highest BCUT2D eigenvalue weighted by Crippen LogP contribution is 2.49. The van der Waals surface area contributed by atoms with Gasteiger partial charge in [0.2, 0.25) is 0 Å². The monoisotopic (exact) mass is 834 g/mol. The summed E-state index contributed by atoms with van der Waals surface area (Å²) in [6.45, 7) is 0. The minimum atomic E-state index is 0.880. The van der Waals surface area contributed by atoms with Crippen LogP contribution < -0.4 is 4.90 Å². The first-order valence-electron chi connectivity index (χ1n) is 21.7. The lowest BCUT2D eigenvalue weighted by atomic mass is 9.96. The maximum Gasteiger partial charge on any atom is 0.136 e. The van der Waals surface area contributed by atoms with E-state index in [-0.39, 0.29) is 0 Å². The summed E-state index contributed by atoms with van der Waals surface area (Å²) in [5.41, 5.74) is 15.6. The van der Waals surface area contributed by atoms with Crippen LogP contribution in [-0.4, -0.2) is 4.57 Å². The lowest BCUT2D eigenvalue weighted by molar-refractivity contribution is 0.669. The molecule has 0 spiro atoms. The predicted octanol–water partition coefficient (Wildman–Crippen LogP) is 17.5. The second-order valence-electron chi connectivity index (χ2n) is 16.4. The average Bonchev–Trinajstić information content (AvgIpc) is 4.05. The summed E-state index contributed by atoms with van der Waals surface area (Å²) in [7, 11) is 0. The minimum absolute atomic E-state index is 0.880. The lowest BCUT2D eigenvalue weighted by Crippen LogP contribution is -2.11. The molecule has 0 aliphatic carbocycles. The third kappa shape index (κ3) is 5.81. The van der Waals surface area contributed by atoms with Crippen molar-refractivity contribution in [2.45, 2.75) is 0 Å². The van der Waals surface area contributed by atoms with Gasteiger partial charge in [0.25, 0.3) is 0 Å². The second kappa shape index (κ2) is 14.7. The van der Waals surface area contributed by atoms with Crippen molar-refractivity contribution < 1.29 is 4.42 Å². The number of anilines is 3. The first kappa shape index (κ1) is 36.5. The van der Waals surface area contributed by atoms with E-state index in [4.69, 9.17) is 4.42 Å². The third-order valence-electron chi connectivity index (χ3n) is 12.8. The first-order valence-corrected chi connectivity index (χ1v) is 22.6. The van der Waals surface area contributed by atoms with Gasteiger partial charge in [0.05, 0.1) is 16.7 Å². The van der Waals surface area contributed by atoms with Gasteiger partial charge in [-0.1, -0.05) is 158 Å². The number of rotatable bonds is 7. The van der Waals surface area contributed by atoms with E-state index in [9.17, 15) is 0 Å². The molecular weight excluding hydrogens is 797 g/mol. The van der Waals surface area contributed by atoms with Crippen LogP contribution >= 0.6 is 11.3 Å². The summed E-state index contributed by atoms with van der Waals surface area (Å²) in [5, 5.41) is 7.25. The zero-order valence-corrected chi connectivity index (χ0v) is 35.5. The summed E-state index contributed by atoms with van der Waals surface area (Å²) in [4.78, 5) is 2.45. The Morgan fingerprint density at radius 3 is 1.75 bits per heavy atom. The van der Waals surface area contributed by atoms with Crippen LogP contribution in [0, 0.1) is 0 Å². The van der Waals surface area contributed by atoms with Gasteiger partial charge in [-0.25, -0.2) is 0 Å². The molecule has 0 saturated carbocycles. The number of thiophene rings is 1. The van der Waals surface area contributed by atoms with Crippen molar-refractivity contribution in [3.8, 4) is 39.1 Å². The summed E-state index contributed by atoms with van der Waals surface area (Å²) >= 11 is 1.87. The molecule has 0 aliphatic heterocycles. The van der Waals surface area contributed by atoms with E-state index in [2.05, 4.69) is 234 Å². The molecule has 300 valence electrons. The smallest absolute Gasteiger partial charge is 0.136 e. The van der Waals surface area contributed by atoms with Crippen LogP contribution in [-0.2, 0) is 0 Å². The summed E-state index contributed by atoms with van der Waals surface area (Å²) < 4.78 is 11.4. The van der Waals surface area contributed by atoms with Gasteiger partial charge in [0.1, 0.15) is 11.2 Å². The van der Waals surface area contributed by atoms with Crippen molar-refractivity contribution in [2.75, 3.05) is 4.90 Å². The van der Waals surface area contributed by atoms with Gasteiger partial charge in [0, 0.05) is 69.9 Å². The molecule has 3 heterocycles. The number of hydrogen-bond donors (Lipinski definition) is 0. The molecule has 13 rings (SSSR count). The Morgan fingerprint density at radius 1 is 0.375 bits per heavy atom. The highest BCUT2D eigenvalue weighted by atomic mass is 32.1. The van der Waals surface area contributed by atoms with E-state index in [0.29, 0.717) is 0 Å². The molecule has 0 atom stereocenters. The van der Waals surface area contributed by atoms with Crippen LogP contribution in [0.2, 0.25) is 0 Å². The van der Waals surface area contributed by atoms with Crippen LogP contribution in [0.1, 0.15) is 0 Å². The number of hydrogen-bond acceptors (Lipinski definition) is 3. The SMILES string of the molecule is c1ccc(-c2ccc(N(c3cc(-c4ccc(-n5c6ccccc6c6ccccc65)cc4)c4sc5ccccc5c4c3)c3ccccc3-c3cccc4oc5ccccc5c34)cc2)cc1. The molecule has 0 fully saturated rings. The molecule has 3 nitrogen and oxygen atoms in total. The topological polar surface area (TPSA) is 21.3 Å². The Hall–Kier alpha value is -8.18. The molecule has 0 unspecified atom stereocenters. The van der Waals surface area contributed by atoms with Gasteiger partial charge >= 0.3 is 0 Å². The fourth-order valence-corrected chi connectivity index (χ4v) is 11.1. The molecule has 0 amide bonds. The molecular formula is C60H38N2OS. The summed E-state index contributed by atoms with van der Waals surface area (Å²) in [6.07, 6.45) is 0. The lowest BCUT2D eigenvalue weighted by Gasteiger charge is -2.29. The van der Waals surface area contributed by atoms with Gasteiger partial charge in [-0.2, -0.15) is 0 Å². The van der Waals surface area contributed by atoms with Crippen molar-refractivity contribution in [1.82, 2.24) is 4.57 Å². The van der Waals surface area contributed by atoms with Gasteiger partial charge in [-0.3, -0.25) is 0 Å². The minimum Gasteiger partial charge on any atom is -0.456 e. The number of fused-ring (bicyclic) bond motifs is 9. The number of furan rings is 1. The van der Waals surface area contributed by atoms with E-state index in [1.165, 1.54) is 64.2 Å². The quantitative estimate of drug-likeness (QED) is 0.159. The van der Waals surface area contributed by atoms with E-state index in [0.717, 1.165) is 55.8 Å². The highest BCUT2D eigenvalue weighted by Gasteiger charge is 2.23. The summed E-state index contributed by atoms with van der Waals surface area (Å²) in [5.74, 6) is 0. The zero-order chi connectivity index (χ0) is 42.1. The van der Waals surface area contributed by atoms with Gasteiger partial charge in [-0.15, -0.1) is 11.3 Å². The summed E-state index contributed by atoms with van der Waals surface area (Å²) in [6, 6.07) is 83.5. The van der Waals surface area contributed by atoms with Crippen molar-refractivity contribution >= 4 is 92.3 Å². The molecule has 0 N–H and O–H groups in total. The van der Waals surface area contributed by atoms with E-state index >= 15 is 0 Å². The third-order valence-corrected chi connectivity index (χ3v) is 14.0. The van der Waals surface area contributed by atoms with E-state index < -0.39 is 0 Å². The van der Waals surface area contributed by atoms with E-state index in [1.54, 1.807) is 0 Å². The first-order chi connectivity index (χ1) is 31.7. The molecule has 0 aliphatic rings. The molecule has 64 heavy (non-hydrogen) atoms. The predicted molar refractivity (Wildman–Crippen MR) is 272 cm³/mol. The number of para-hydroxylation sites is 4. The van der Waals surface area contributed by atoms with Gasteiger partial charge in [0.15, 0.2) is 0 Å². The Bertz CT molecular complexity index is 3840. The molecule has 0 bridgehead atoms. The molecule has 10 aromatic carbocycles. The molecule has 3 aromatic heterocycles. The van der Waals surface area contributed by atoms with Gasteiger partial charge < -0.3 is 13.9 Å². The molecule has 0 saturated heterocycles. The van der Waals surface area contributed by atoms with Crippen molar-refractivity contribution in [3.05, 3.63) is 231 Å². The highest BCUT2D eigenvalue weighted by molar-refractivity contribution is 7.26. The standard InChI is InChI=1S/C60H38N2OS/c1-2-15-39(16-3-1)40-29-33-42(34-30-40)61(53-23-9-6-19-47(53)49-22-14-27-57-59(49)50-21-7-12-26-56(50)63-57)44-37-51(60-52(38-44)48-20-8-13-28-58(48)64-60)41-31-35-43(36-32-41)62-54-24-10-4-17-45(54)46-18-5-11-25-55(46)62/h1-38H. The molecule has 13 aromatic rings. The van der Waals surface area contributed by atoms with Gasteiger partial charge in [-0.05, 0) is 95.1 Å². The normalized spacial score (nSPS) is 11.8. The fourth-order valence-electron chi connectivity index (χ4n) is 9.90. The Labute approximate surface area is 373 Å². The number of aromatic nitrogens is 1. The number of nitrogens with zero attached hydrogens (tertiary/aromatic N) is 2. The van der Waals surface area contributed by atoms with Crippen molar-refractivity contribution in [3.63, 3.8) is 0 Å². The molecule has 4 heteroatoms. The van der Waals surface area contributed by atoms with Crippen molar-refractivity contribution in [1.29, 1.82) is 0 Å². The van der Waals surface area contributed by atoms with Crippen LogP contribution in [0.4, 0.5) is 17.1 Å². The average molecular weight is 835 g/mol. The molecule has 0 radical (unpaired) electrons. The Kier molecular flexibility index (Phi) is 8.40. The maximum absolute atomic E-state index is 6.44.